The maximum absolute atomic E-state index is 13.1. The van der Waals surface area contributed by atoms with Crippen LogP contribution in [0.1, 0.15) is 41.8 Å². The van der Waals surface area contributed by atoms with Crippen molar-refractivity contribution in [3.05, 3.63) is 95.6 Å². The first-order chi connectivity index (χ1) is 17.9. The highest BCUT2D eigenvalue weighted by Crippen LogP contribution is 2.21. The van der Waals surface area contributed by atoms with Gasteiger partial charge in [-0.3, -0.25) is 14.5 Å². The second kappa shape index (κ2) is 12.5. The predicted octanol–water partition coefficient (Wildman–Crippen LogP) is 5.10. The maximum Gasteiger partial charge on any atom is 0.252 e. The van der Waals surface area contributed by atoms with E-state index in [1.54, 1.807) is 6.07 Å². The van der Waals surface area contributed by atoms with E-state index in [-0.39, 0.29) is 17.7 Å². The molecule has 1 unspecified atom stereocenters. The Morgan fingerprint density at radius 2 is 1.49 bits per heavy atom. The lowest BCUT2D eigenvalue weighted by atomic mass is 10.0. The summed E-state index contributed by atoms with van der Waals surface area (Å²) in [6, 6.07) is 25.4. The molecular formula is C31H38N4O2. The topological polar surface area (TPSA) is 64.7 Å². The van der Waals surface area contributed by atoms with Crippen LogP contribution in [0.5, 0.6) is 0 Å². The minimum atomic E-state index is -0.607. The van der Waals surface area contributed by atoms with Crippen LogP contribution in [0.15, 0.2) is 78.9 Å². The molecule has 1 saturated heterocycles. The lowest BCUT2D eigenvalue weighted by Gasteiger charge is -2.36. The van der Waals surface area contributed by atoms with Gasteiger partial charge in [0, 0.05) is 49.7 Å². The fourth-order valence-corrected chi connectivity index (χ4v) is 4.76. The third-order valence-corrected chi connectivity index (χ3v) is 6.84. The number of carbonyl (C=O) groups is 2. The maximum atomic E-state index is 13.1. The van der Waals surface area contributed by atoms with Gasteiger partial charge in [0.1, 0.15) is 6.04 Å². The molecule has 0 spiro atoms. The molecule has 1 fully saturated rings. The van der Waals surface area contributed by atoms with Crippen molar-refractivity contribution in [3.8, 4) is 0 Å². The average Bonchev–Trinajstić information content (AvgIpc) is 2.90. The number of piperazine rings is 1. The number of hydrogen-bond donors (Lipinski definition) is 2. The van der Waals surface area contributed by atoms with Crippen LogP contribution < -0.4 is 15.5 Å². The summed E-state index contributed by atoms with van der Waals surface area (Å²) < 4.78 is 0. The van der Waals surface area contributed by atoms with Crippen LogP contribution in [0.4, 0.5) is 11.4 Å². The molecular weight excluding hydrogens is 460 g/mol. The number of anilines is 2. The molecule has 1 aliphatic heterocycles. The smallest absolute Gasteiger partial charge is 0.252 e. The number of rotatable bonds is 9. The van der Waals surface area contributed by atoms with Gasteiger partial charge < -0.3 is 15.5 Å². The van der Waals surface area contributed by atoms with Crippen LogP contribution in [0, 0.1) is 12.8 Å². The molecule has 1 aliphatic rings. The molecule has 0 aromatic heterocycles. The summed E-state index contributed by atoms with van der Waals surface area (Å²) in [5, 5.41) is 5.95. The summed E-state index contributed by atoms with van der Waals surface area (Å²) in [7, 11) is 0. The van der Waals surface area contributed by atoms with E-state index in [1.807, 2.05) is 37.3 Å². The van der Waals surface area contributed by atoms with Crippen LogP contribution in [-0.2, 0) is 11.3 Å². The zero-order valence-corrected chi connectivity index (χ0v) is 22.1. The number of nitrogens with zero attached hydrogens (tertiary/aromatic N) is 2. The second-order valence-electron chi connectivity index (χ2n) is 10.3. The third kappa shape index (κ3) is 7.43. The van der Waals surface area contributed by atoms with Gasteiger partial charge in [-0.15, -0.1) is 0 Å². The molecule has 0 bridgehead atoms. The molecule has 0 saturated carbocycles. The van der Waals surface area contributed by atoms with Crippen molar-refractivity contribution < 1.29 is 9.59 Å². The largest absolute Gasteiger partial charge is 0.369 e. The van der Waals surface area contributed by atoms with Gasteiger partial charge in [0.2, 0.25) is 5.91 Å². The molecule has 0 radical (unpaired) electrons. The Bertz CT molecular complexity index is 1170. The van der Waals surface area contributed by atoms with E-state index in [0.717, 1.165) is 49.7 Å². The number of hydrogen-bond acceptors (Lipinski definition) is 4. The van der Waals surface area contributed by atoms with Crippen molar-refractivity contribution in [3.63, 3.8) is 0 Å². The van der Waals surface area contributed by atoms with Gasteiger partial charge in [-0.2, -0.15) is 0 Å². The second-order valence-corrected chi connectivity index (χ2v) is 10.3. The minimum absolute atomic E-state index is 0.196. The summed E-state index contributed by atoms with van der Waals surface area (Å²) in [6.45, 7) is 11.0. The Balaban J connectivity index is 1.32. The fraction of sp³-hybridized carbons (Fsp3) is 0.355. The third-order valence-electron chi connectivity index (χ3n) is 6.84. The number of benzene rings is 3. The fourth-order valence-electron chi connectivity index (χ4n) is 4.76. The molecule has 37 heavy (non-hydrogen) atoms. The molecule has 6 heteroatoms. The van der Waals surface area contributed by atoms with Crippen molar-refractivity contribution in [2.45, 2.75) is 39.8 Å². The molecule has 194 valence electrons. The molecule has 3 aromatic carbocycles. The van der Waals surface area contributed by atoms with E-state index in [1.165, 1.54) is 5.56 Å². The highest BCUT2D eigenvalue weighted by atomic mass is 16.2. The normalized spacial score (nSPS) is 14.9. The van der Waals surface area contributed by atoms with Crippen LogP contribution in [0.25, 0.3) is 0 Å². The van der Waals surface area contributed by atoms with Gasteiger partial charge in [0.05, 0.1) is 0 Å². The van der Waals surface area contributed by atoms with Gasteiger partial charge in [-0.05, 0) is 60.7 Å². The first-order valence-corrected chi connectivity index (χ1v) is 13.2. The van der Waals surface area contributed by atoms with Gasteiger partial charge in [0.25, 0.3) is 5.91 Å². The number of amides is 2. The summed E-state index contributed by atoms with van der Waals surface area (Å²) in [5.74, 6) is -0.158. The van der Waals surface area contributed by atoms with E-state index < -0.39 is 6.04 Å². The van der Waals surface area contributed by atoms with Crippen molar-refractivity contribution >= 4 is 23.2 Å². The summed E-state index contributed by atoms with van der Waals surface area (Å²) in [6.07, 6.45) is 0.564. The van der Waals surface area contributed by atoms with Crippen molar-refractivity contribution in [1.29, 1.82) is 0 Å². The van der Waals surface area contributed by atoms with E-state index in [2.05, 4.69) is 76.7 Å². The van der Waals surface area contributed by atoms with Crippen molar-refractivity contribution in [2.75, 3.05) is 36.4 Å². The highest BCUT2D eigenvalue weighted by Gasteiger charge is 2.23. The van der Waals surface area contributed by atoms with Gasteiger partial charge in [-0.1, -0.05) is 62.4 Å². The van der Waals surface area contributed by atoms with Crippen LogP contribution in [-0.4, -0.2) is 48.9 Å². The number of nitrogens with one attached hydrogen (secondary N) is 2. The van der Waals surface area contributed by atoms with E-state index in [0.29, 0.717) is 12.0 Å². The molecule has 6 nitrogen and oxygen atoms in total. The first kappa shape index (κ1) is 26.4. The van der Waals surface area contributed by atoms with Gasteiger partial charge in [0.15, 0.2) is 0 Å². The lowest BCUT2D eigenvalue weighted by molar-refractivity contribution is -0.118. The zero-order valence-electron chi connectivity index (χ0n) is 22.1. The minimum Gasteiger partial charge on any atom is -0.369 e. The van der Waals surface area contributed by atoms with Crippen LogP contribution >= 0.6 is 0 Å². The Hall–Kier alpha value is -3.64. The SMILES string of the molecule is Cc1ccccc1C(=O)NC(CC(C)C)C(=O)Nc1ccc(N2CCN(Cc3ccccc3)CC2)cc1. The molecule has 2 N–H and O–H groups in total. The van der Waals surface area contributed by atoms with Crippen molar-refractivity contribution in [2.24, 2.45) is 5.92 Å². The molecule has 0 aliphatic carbocycles. The lowest BCUT2D eigenvalue weighted by Crippen LogP contribution is -2.46. The van der Waals surface area contributed by atoms with Crippen LogP contribution in [0.3, 0.4) is 0 Å². The molecule has 1 heterocycles. The first-order valence-electron chi connectivity index (χ1n) is 13.2. The zero-order chi connectivity index (χ0) is 26.2. The van der Waals surface area contributed by atoms with E-state index >= 15 is 0 Å². The monoisotopic (exact) mass is 498 g/mol. The average molecular weight is 499 g/mol. The highest BCUT2D eigenvalue weighted by molar-refractivity contribution is 6.01. The van der Waals surface area contributed by atoms with E-state index in [4.69, 9.17) is 0 Å². The van der Waals surface area contributed by atoms with Gasteiger partial charge >= 0.3 is 0 Å². The quantitative estimate of drug-likeness (QED) is 0.431. The summed E-state index contributed by atoms with van der Waals surface area (Å²) in [5.41, 5.74) is 4.72. The predicted molar refractivity (Wildman–Crippen MR) is 151 cm³/mol. The molecule has 1 atom stereocenters. The van der Waals surface area contributed by atoms with Gasteiger partial charge in [-0.25, -0.2) is 0 Å². The molecule has 2 amide bonds. The Kier molecular flexibility index (Phi) is 8.96. The van der Waals surface area contributed by atoms with Crippen molar-refractivity contribution in [1.82, 2.24) is 10.2 Å². The summed E-state index contributed by atoms with van der Waals surface area (Å²) in [4.78, 5) is 30.9. The Labute approximate surface area is 220 Å². The number of aryl methyl sites for hydroxylation is 1. The van der Waals surface area contributed by atoms with Crippen LogP contribution in [0.2, 0.25) is 0 Å². The Morgan fingerprint density at radius 3 is 2.14 bits per heavy atom. The van der Waals surface area contributed by atoms with E-state index in [9.17, 15) is 9.59 Å². The summed E-state index contributed by atoms with van der Waals surface area (Å²) >= 11 is 0. The number of carbonyl (C=O) groups excluding carboxylic acids is 2. The standard InChI is InChI=1S/C31H38N4O2/c1-23(2)21-29(33-30(36)28-12-8-7-9-24(28)3)31(37)32-26-13-15-27(16-14-26)35-19-17-34(18-20-35)22-25-10-5-4-6-11-25/h4-16,23,29H,17-22H2,1-3H3,(H,32,37)(H,33,36). The Morgan fingerprint density at radius 1 is 0.838 bits per heavy atom. The molecule has 3 aromatic rings. The molecule has 4 rings (SSSR count).